The molecule has 4 aromatic rings. The Hall–Kier alpha value is -4.73. The minimum Gasteiger partial charge on any atom is -0.379 e. The van der Waals surface area contributed by atoms with Crippen LogP contribution in [0.1, 0.15) is 33.5 Å². The second-order valence-electron chi connectivity index (χ2n) is 7.72. The van der Waals surface area contributed by atoms with Gasteiger partial charge in [0.15, 0.2) is 0 Å². The van der Waals surface area contributed by atoms with Crippen LogP contribution in [0.3, 0.4) is 0 Å². The molecule has 1 amide bonds. The maximum absolute atomic E-state index is 14.6. The molecule has 3 aromatic heterocycles. The van der Waals surface area contributed by atoms with Gasteiger partial charge in [0.25, 0.3) is 11.5 Å². The highest BCUT2D eigenvalue weighted by atomic mass is 19.1. The minimum absolute atomic E-state index is 0.163. The normalized spacial score (nSPS) is 12.2. The van der Waals surface area contributed by atoms with Crippen molar-refractivity contribution in [3.8, 4) is 23.7 Å². The molecule has 0 saturated heterocycles. The highest BCUT2D eigenvalue weighted by Gasteiger charge is 2.36. The molecule has 9 heteroatoms. The van der Waals surface area contributed by atoms with E-state index >= 15 is 0 Å². The van der Waals surface area contributed by atoms with Gasteiger partial charge in [-0.05, 0) is 54.3 Å². The van der Waals surface area contributed by atoms with E-state index < -0.39 is 40.7 Å². The molecule has 0 saturated carbocycles. The van der Waals surface area contributed by atoms with Crippen molar-refractivity contribution in [3.05, 3.63) is 105 Å². The number of hydrogen-bond donors (Lipinski definition) is 2. The van der Waals surface area contributed by atoms with Gasteiger partial charge < -0.3 is 15.4 Å². The number of pyridine rings is 2. The van der Waals surface area contributed by atoms with Crippen molar-refractivity contribution in [2.24, 2.45) is 12.8 Å². The number of fused-ring (bicyclic) bond motifs is 1. The van der Waals surface area contributed by atoms with Crippen molar-refractivity contribution >= 4 is 11.4 Å². The van der Waals surface area contributed by atoms with Crippen molar-refractivity contribution in [1.29, 1.82) is 0 Å². The van der Waals surface area contributed by atoms with Gasteiger partial charge in [-0.1, -0.05) is 11.8 Å². The van der Waals surface area contributed by atoms with Gasteiger partial charge in [-0.3, -0.25) is 9.59 Å². The molecule has 0 bridgehead atoms. The van der Waals surface area contributed by atoms with Crippen LogP contribution in [0.2, 0.25) is 0 Å². The number of amides is 1. The highest BCUT2D eigenvalue weighted by molar-refractivity contribution is 5.99. The molecule has 0 radical (unpaired) electrons. The van der Waals surface area contributed by atoms with Crippen LogP contribution in [0, 0.1) is 35.3 Å². The van der Waals surface area contributed by atoms with Crippen molar-refractivity contribution in [3.63, 3.8) is 0 Å². The summed E-state index contributed by atoms with van der Waals surface area (Å²) in [6.07, 6.45) is 4.13. The molecule has 0 aliphatic heterocycles. The summed E-state index contributed by atoms with van der Waals surface area (Å²) >= 11 is 0. The molecule has 0 spiro atoms. The van der Waals surface area contributed by atoms with E-state index in [0.717, 1.165) is 18.2 Å². The number of carbonyl (C=O) groups is 1. The number of hydrogen-bond acceptors (Lipinski definition) is 4. The Balaban J connectivity index is 1.72. The summed E-state index contributed by atoms with van der Waals surface area (Å²) < 4.78 is 31.2. The molecular weight excluding hydrogens is 454 g/mol. The summed E-state index contributed by atoms with van der Waals surface area (Å²) in [6.45, 7) is 0. The van der Waals surface area contributed by atoms with Crippen LogP contribution in [0.4, 0.5) is 8.78 Å². The van der Waals surface area contributed by atoms with E-state index in [2.05, 4.69) is 28.8 Å². The molecule has 174 valence electrons. The average Bonchev–Trinajstić information content (AvgIpc) is 3.30. The van der Waals surface area contributed by atoms with Gasteiger partial charge in [0, 0.05) is 37.0 Å². The van der Waals surface area contributed by atoms with Gasteiger partial charge in [0.2, 0.25) is 0 Å². The quantitative estimate of drug-likeness (QED) is 0.444. The third-order valence-electron chi connectivity index (χ3n) is 5.42. The molecule has 0 aliphatic rings. The fourth-order valence-electron chi connectivity index (χ4n) is 3.68. The Morgan fingerprint density at radius 3 is 2.74 bits per heavy atom. The standard InChI is InChI=1S/C26H18F2N4O3/c1-31-13-5-7-20(25(31)34)26(35,21-15-18(27)8-9-22(21)28)11-4-2-3-6-17-14-19(24(29)33)23-10-12-30-32(23)16-17/h5,7-10,12-16,35H,11H2,1H3,(H2,29,33). The molecule has 0 fully saturated rings. The molecule has 7 nitrogen and oxygen atoms in total. The van der Waals surface area contributed by atoms with Gasteiger partial charge in [-0.25, -0.2) is 13.3 Å². The van der Waals surface area contributed by atoms with Gasteiger partial charge in [-0.2, -0.15) is 5.10 Å². The predicted molar refractivity (Wildman–Crippen MR) is 124 cm³/mol. The van der Waals surface area contributed by atoms with Gasteiger partial charge in [0.05, 0.1) is 22.8 Å². The molecule has 3 N–H and O–H groups in total. The number of rotatable bonds is 4. The van der Waals surface area contributed by atoms with Crippen LogP contribution in [-0.4, -0.2) is 25.2 Å². The maximum Gasteiger partial charge on any atom is 0.256 e. The number of nitrogens with two attached hydrogens (primary N) is 1. The summed E-state index contributed by atoms with van der Waals surface area (Å²) in [5.74, 6) is 8.21. The van der Waals surface area contributed by atoms with Crippen molar-refractivity contribution in [2.75, 3.05) is 0 Å². The summed E-state index contributed by atoms with van der Waals surface area (Å²) in [6, 6.07) is 8.60. The zero-order chi connectivity index (χ0) is 25.2. The lowest BCUT2D eigenvalue weighted by Crippen LogP contribution is -2.36. The Morgan fingerprint density at radius 2 is 1.97 bits per heavy atom. The largest absolute Gasteiger partial charge is 0.379 e. The molecule has 4 rings (SSSR count). The minimum atomic E-state index is -2.23. The van der Waals surface area contributed by atoms with E-state index in [-0.39, 0.29) is 11.1 Å². The monoisotopic (exact) mass is 472 g/mol. The number of primary amides is 1. The van der Waals surface area contributed by atoms with E-state index in [4.69, 9.17) is 5.73 Å². The lowest BCUT2D eigenvalue weighted by Gasteiger charge is -2.27. The van der Waals surface area contributed by atoms with E-state index in [0.29, 0.717) is 11.1 Å². The zero-order valence-electron chi connectivity index (χ0n) is 18.4. The smallest absolute Gasteiger partial charge is 0.256 e. The maximum atomic E-state index is 14.6. The Labute approximate surface area is 198 Å². The van der Waals surface area contributed by atoms with Gasteiger partial charge in [0.1, 0.15) is 17.2 Å². The number of halogens is 2. The van der Waals surface area contributed by atoms with Crippen LogP contribution < -0.4 is 11.3 Å². The fourth-order valence-corrected chi connectivity index (χ4v) is 3.68. The molecular formula is C26H18F2N4O3. The molecule has 1 aromatic carbocycles. The summed E-state index contributed by atoms with van der Waals surface area (Å²) in [5, 5.41) is 15.5. The predicted octanol–water partition coefficient (Wildman–Crippen LogP) is 2.09. The Morgan fingerprint density at radius 1 is 1.17 bits per heavy atom. The third kappa shape index (κ3) is 4.54. The Kier molecular flexibility index (Phi) is 6.20. The van der Waals surface area contributed by atoms with Crippen molar-refractivity contribution in [2.45, 2.75) is 12.0 Å². The second-order valence-corrected chi connectivity index (χ2v) is 7.72. The van der Waals surface area contributed by atoms with Gasteiger partial charge >= 0.3 is 0 Å². The van der Waals surface area contributed by atoms with Crippen molar-refractivity contribution < 1.29 is 18.7 Å². The molecule has 3 heterocycles. The highest BCUT2D eigenvalue weighted by Crippen LogP contribution is 2.33. The number of aryl methyl sites for hydroxylation is 1. The molecule has 0 aliphatic carbocycles. The summed E-state index contributed by atoms with van der Waals surface area (Å²) in [5.41, 5.74) is 3.19. The molecule has 1 unspecified atom stereocenters. The number of nitrogens with zero attached hydrogens (tertiary/aromatic N) is 3. The van der Waals surface area contributed by atoms with E-state index in [1.165, 1.54) is 46.7 Å². The number of benzene rings is 1. The van der Waals surface area contributed by atoms with E-state index in [1.54, 1.807) is 12.3 Å². The SMILES string of the molecule is Cn1cccc(C(O)(CC#CC#Cc2cc(C(N)=O)c3ccnn3c2)c2cc(F)ccc2F)c1=O. The second kappa shape index (κ2) is 9.26. The molecule has 35 heavy (non-hydrogen) atoms. The molecule has 1 atom stereocenters. The number of carbonyl (C=O) groups excluding carboxylic acids is 1. The topological polar surface area (TPSA) is 103 Å². The van der Waals surface area contributed by atoms with E-state index in [1.807, 2.05) is 0 Å². The summed E-state index contributed by atoms with van der Waals surface area (Å²) in [7, 11) is 1.47. The Bertz CT molecular complexity index is 1650. The van der Waals surface area contributed by atoms with Crippen molar-refractivity contribution in [1.82, 2.24) is 14.2 Å². The average molecular weight is 472 g/mol. The van der Waals surface area contributed by atoms with Crippen LogP contribution in [0.5, 0.6) is 0 Å². The third-order valence-corrected chi connectivity index (χ3v) is 5.42. The number of aromatic nitrogens is 3. The first-order chi connectivity index (χ1) is 16.7. The first kappa shape index (κ1) is 23.4. The van der Waals surface area contributed by atoms with Crippen LogP contribution in [0.15, 0.2) is 65.8 Å². The zero-order valence-corrected chi connectivity index (χ0v) is 18.4. The van der Waals surface area contributed by atoms with E-state index in [9.17, 15) is 23.5 Å². The fraction of sp³-hybridized carbons (Fsp3) is 0.115. The van der Waals surface area contributed by atoms with Crippen LogP contribution in [-0.2, 0) is 12.6 Å². The van der Waals surface area contributed by atoms with Crippen LogP contribution in [0.25, 0.3) is 5.52 Å². The lowest BCUT2D eigenvalue weighted by molar-refractivity contribution is 0.0800. The van der Waals surface area contributed by atoms with Crippen LogP contribution >= 0.6 is 0 Å². The lowest BCUT2D eigenvalue weighted by atomic mass is 9.84. The van der Waals surface area contributed by atoms with Gasteiger partial charge in [-0.15, -0.1) is 0 Å². The number of aliphatic hydroxyl groups is 1. The first-order valence-corrected chi connectivity index (χ1v) is 10.3. The summed E-state index contributed by atoms with van der Waals surface area (Å²) in [4.78, 5) is 24.4. The first-order valence-electron chi connectivity index (χ1n) is 10.3.